The molecule has 2 amide bonds. The summed E-state index contributed by atoms with van der Waals surface area (Å²) in [5, 5.41) is 18.1. The van der Waals surface area contributed by atoms with E-state index in [0.29, 0.717) is 32.7 Å². The summed E-state index contributed by atoms with van der Waals surface area (Å²) in [6.07, 6.45) is 0. The molecule has 0 saturated heterocycles. The summed E-state index contributed by atoms with van der Waals surface area (Å²) in [6, 6.07) is 15.3. The van der Waals surface area contributed by atoms with Gasteiger partial charge in [0.05, 0.1) is 12.8 Å². The van der Waals surface area contributed by atoms with E-state index in [1.165, 1.54) is 28.1 Å². The molecule has 9 nitrogen and oxygen atoms in total. The molecule has 0 aliphatic heterocycles. The van der Waals surface area contributed by atoms with Crippen LogP contribution in [0.1, 0.15) is 37.3 Å². The van der Waals surface area contributed by atoms with Gasteiger partial charge < -0.3 is 10.1 Å². The molecule has 0 bridgehead atoms. The Labute approximate surface area is 230 Å². The van der Waals surface area contributed by atoms with Gasteiger partial charge in [-0.2, -0.15) is 4.80 Å². The van der Waals surface area contributed by atoms with Gasteiger partial charge >= 0.3 is 0 Å². The zero-order valence-electron chi connectivity index (χ0n) is 21.8. The molecule has 0 spiro atoms. The lowest BCUT2D eigenvalue weighted by molar-refractivity contribution is -0.128. The van der Waals surface area contributed by atoms with Gasteiger partial charge in [0.25, 0.3) is 5.91 Å². The van der Waals surface area contributed by atoms with Crippen molar-refractivity contribution >= 4 is 40.4 Å². The van der Waals surface area contributed by atoms with Gasteiger partial charge in [-0.1, -0.05) is 23.7 Å². The molecule has 0 unspecified atom stereocenters. The van der Waals surface area contributed by atoms with Crippen LogP contribution >= 0.6 is 22.9 Å². The van der Waals surface area contributed by atoms with Crippen LogP contribution in [0.4, 0.5) is 5.69 Å². The number of hydrogen-bond acceptors (Lipinski definition) is 7. The fraction of sp³-hybridized carbons (Fsp3) is 0.296. The summed E-state index contributed by atoms with van der Waals surface area (Å²) in [5.41, 5.74) is 1.58. The number of ether oxygens (including phenoxy) is 1. The molecule has 0 saturated carbocycles. The van der Waals surface area contributed by atoms with Crippen LogP contribution < -0.4 is 15.0 Å². The summed E-state index contributed by atoms with van der Waals surface area (Å²) >= 11 is 7.38. The molecular formula is C27H29ClN6O3S. The zero-order chi connectivity index (χ0) is 27.4. The number of carbonyl (C=O) groups excluding carboxylic acids is 2. The minimum Gasteiger partial charge on any atom is -0.495 e. The van der Waals surface area contributed by atoms with E-state index in [-0.39, 0.29) is 12.5 Å². The van der Waals surface area contributed by atoms with Crippen LogP contribution in [-0.4, -0.2) is 44.7 Å². The first-order valence-electron chi connectivity index (χ1n) is 11.9. The number of aryl methyl sites for hydroxylation is 1. The zero-order valence-corrected chi connectivity index (χ0v) is 23.4. The van der Waals surface area contributed by atoms with Gasteiger partial charge in [-0.25, -0.2) is 0 Å². The summed E-state index contributed by atoms with van der Waals surface area (Å²) in [6.45, 7) is 7.36. The molecule has 4 aromatic rings. The Hall–Kier alpha value is -3.76. The van der Waals surface area contributed by atoms with Crippen molar-refractivity contribution in [2.75, 3.05) is 12.0 Å². The number of thiophene rings is 1. The molecule has 0 aliphatic rings. The highest BCUT2D eigenvalue weighted by Crippen LogP contribution is 2.37. The highest BCUT2D eigenvalue weighted by molar-refractivity contribution is 7.10. The van der Waals surface area contributed by atoms with Crippen LogP contribution in [-0.2, 0) is 16.1 Å². The number of benzene rings is 2. The van der Waals surface area contributed by atoms with Gasteiger partial charge in [-0.05, 0) is 86.3 Å². The lowest BCUT2D eigenvalue weighted by atomic mass is 10.1. The Bertz CT molecular complexity index is 1410. The number of tetrazole rings is 1. The Kier molecular flexibility index (Phi) is 8.13. The molecule has 11 heteroatoms. The SMILES string of the molecule is COc1ccc(C)cc1N(C(=O)Cn1nnc(-c2ccc(Cl)cc2)n1)[C@H](C(=O)NC(C)(C)C)c1cccs1. The molecule has 0 aliphatic carbocycles. The average molecular weight is 553 g/mol. The summed E-state index contributed by atoms with van der Waals surface area (Å²) in [7, 11) is 1.53. The standard InChI is InChI=1S/C27H29ClN6O3S/c1-17-8-13-21(37-5)20(15-17)34(24(22-7-6-14-38-22)26(36)29-27(2,3)4)23(35)16-33-31-25(30-32-33)18-9-11-19(28)12-10-18/h6-15,24H,16H2,1-5H3,(H,29,36)/t24-/m0/s1. The number of methoxy groups -OCH3 is 1. The van der Waals surface area contributed by atoms with Crippen molar-refractivity contribution in [3.63, 3.8) is 0 Å². The van der Waals surface area contributed by atoms with Gasteiger partial charge in [-0.3, -0.25) is 14.5 Å². The van der Waals surface area contributed by atoms with Crippen molar-refractivity contribution in [3.05, 3.63) is 75.4 Å². The maximum absolute atomic E-state index is 14.0. The number of rotatable bonds is 8. The third-order valence-corrected chi connectivity index (χ3v) is 6.69. The highest BCUT2D eigenvalue weighted by Gasteiger charge is 2.37. The van der Waals surface area contributed by atoms with E-state index >= 15 is 0 Å². The molecule has 198 valence electrons. The van der Waals surface area contributed by atoms with Crippen molar-refractivity contribution < 1.29 is 14.3 Å². The third-order valence-electron chi connectivity index (χ3n) is 5.51. The molecule has 2 aromatic heterocycles. The van der Waals surface area contributed by atoms with E-state index in [2.05, 4.69) is 20.7 Å². The predicted molar refractivity (Wildman–Crippen MR) is 148 cm³/mol. The number of amides is 2. The minimum absolute atomic E-state index is 0.248. The van der Waals surface area contributed by atoms with E-state index in [4.69, 9.17) is 16.3 Å². The van der Waals surface area contributed by atoms with Gasteiger partial charge in [0.1, 0.15) is 18.3 Å². The first-order valence-corrected chi connectivity index (χ1v) is 13.2. The second-order valence-electron chi connectivity index (χ2n) is 9.75. The second kappa shape index (κ2) is 11.3. The first-order chi connectivity index (χ1) is 18.1. The lowest BCUT2D eigenvalue weighted by Crippen LogP contribution is -2.50. The number of halogens is 1. The van der Waals surface area contributed by atoms with Crippen molar-refractivity contribution in [2.24, 2.45) is 0 Å². The summed E-state index contributed by atoms with van der Waals surface area (Å²) < 4.78 is 5.62. The number of hydrogen-bond donors (Lipinski definition) is 1. The molecule has 0 fully saturated rings. The van der Waals surface area contributed by atoms with Crippen LogP contribution in [0.3, 0.4) is 0 Å². The van der Waals surface area contributed by atoms with Crippen molar-refractivity contribution in [1.82, 2.24) is 25.5 Å². The predicted octanol–water partition coefficient (Wildman–Crippen LogP) is 5.06. The average Bonchev–Trinajstić information content (AvgIpc) is 3.54. The van der Waals surface area contributed by atoms with Crippen molar-refractivity contribution in [1.29, 1.82) is 0 Å². The van der Waals surface area contributed by atoms with E-state index in [1.807, 2.05) is 57.3 Å². The number of aromatic nitrogens is 4. The number of anilines is 1. The third kappa shape index (κ3) is 6.38. The monoisotopic (exact) mass is 552 g/mol. The fourth-order valence-corrected chi connectivity index (χ4v) is 4.82. The van der Waals surface area contributed by atoms with Crippen LogP contribution in [0.2, 0.25) is 5.02 Å². The first kappa shape index (κ1) is 27.3. The lowest BCUT2D eigenvalue weighted by Gasteiger charge is -2.33. The molecule has 1 atom stereocenters. The van der Waals surface area contributed by atoms with E-state index in [9.17, 15) is 9.59 Å². The van der Waals surface area contributed by atoms with Gasteiger partial charge in [0.15, 0.2) is 0 Å². The number of carbonyl (C=O) groups is 2. The van der Waals surface area contributed by atoms with Crippen LogP contribution in [0.15, 0.2) is 60.0 Å². The van der Waals surface area contributed by atoms with Gasteiger partial charge in [0, 0.05) is 21.0 Å². The molecule has 1 N–H and O–H groups in total. The molecule has 2 heterocycles. The number of nitrogens with one attached hydrogen (secondary N) is 1. The number of nitrogens with zero attached hydrogens (tertiary/aromatic N) is 5. The minimum atomic E-state index is -0.948. The quantitative estimate of drug-likeness (QED) is 0.328. The van der Waals surface area contributed by atoms with Crippen molar-refractivity contribution in [2.45, 2.75) is 45.8 Å². The normalized spacial score (nSPS) is 12.2. The van der Waals surface area contributed by atoms with Crippen LogP contribution in [0.25, 0.3) is 11.4 Å². The Morgan fingerprint density at radius 1 is 1.16 bits per heavy atom. The van der Waals surface area contributed by atoms with E-state index < -0.39 is 17.5 Å². The van der Waals surface area contributed by atoms with E-state index in [1.54, 1.807) is 30.3 Å². The maximum Gasteiger partial charge on any atom is 0.251 e. The van der Waals surface area contributed by atoms with Gasteiger partial charge in [0.2, 0.25) is 11.7 Å². The highest BCUT2D eigenvalue weighted by atomic mass is 35.5. The van der Waals surface area contributed by atoms with Crippen LogP contribution in [0.5, 0.6) is 5.75 Å². The van der Waals surface area contributed by atoms with E-state index in [0.717, 1.165) is 5.56 Å². The molecule has 38 heavy (non-hydrogen) atoms. The smallest absolute Gasteiger partial charge is 0.251 e. The van der Waals surface area contributed by atoms with Crippen LogP contribution in [0, 0.1) is 6.92 Å². The Morgan fingerprint density at radius 3 is 2.53 bits per heavy atom. The van der Waals surface area contributed by atoms with Crippen molar-refractivity contribution in [3.8, 4) is 17.1 Å². The molecular weight excluding hydrogens is 524 g/mol. The Balaban J connectivity index is 1.76. The maximum atomic E-state index is 14.0. The Morgan fingerprint density at radius 2 is 1.89 bits per heavy atom. The fourth-order valence-electron chi connectivity index (χ4n) is 3.89. The molecule has 2 aromatic carbocycles. The molecule has 4 rings (SSSR count). The topological polar surface area (TPSA) is 102 Å². The molecule has 0 radical (unpaired) electrons. The summed E-state index contributed by atoms with van der Waals surface area (Å²) in [4.78, 5) is 31.2. The summed E-state index contributed by atoms with van der Waals surface area (Å²) in [5.74, 6) is 0.0959. The largest absolute Gasteiger partial charge is 0.495 e. The second-order valence-corrected chi connectivity index (χ2v) is 11.2. The van der Waals surface area contributed by atoms with Gasteiger partial charge in [-0.15, -0.1) is 21.5 Å².